The maximum absolute atomic E-state index is 11.9. The number of nitrogens with one attached hydrogen (secondary N) is 1. The van der Waals surface area contributed by atoms with Gasteiger partial charge in [0, 0.05) is 38.3 Å². The van der Waals surface area contributed by atoms with Crippen LogP contribution >= 0.6 is 0 Å². The fourth-order valence-electron chi connectivity index (χ4n) is 2.20. The van der Waals surface area contributed by atoms with E-state index >= 15 is 0 Å². The zero-order chi connectivity index (χ0) is 14.5. The van der Waals surface area contributed by atoms with Crippen molar-refractivity contribution in [1.29, 1.82) is 0 Å². The van der Waals surface area contributed by atoms with Gasteiger partial charge in [0.15, 0.2) is 0 Å². The third kappa shape index (κ3) is 5.46. The zero-order valence-corrected chi connectivity index (χ0v) is 12.7. The molecule has 1 heterocycles. The van der Waals surface area contributed by atoms with Gasteiger partial charge in [-0.1, -0.05) is 0 Å². The average Bonchev–Trinajstić information content (AvgIpc) is 2.33. The predicted octanol–water partition coefficient (Wildman–Crippen LogP) is 0.199. The van der Waals surface area contributed by atoms with Gasteiger partial charge in [-0.05, 0) is 26.7 Å². The van der Waals surface area contributed by atoms with Crippen molar-refractivity contribution in [3.63, 3.8) is 0 Å². The molecule has 0 spiro atoms. The van der Waals surface area contributed by atoms with E-state index < -0.39 is 10.0 Å². The van der Waals surface area contributed by atoms with Gasteiger partial charge in [-0.2, -0.15) is 4.31 Å². The normalized spacial score (nSPS) is 17.9. The molecule has 1 N–H and O–H groups in total. The van der Waals surface area contributed by atoms with Crippen LogP contribution in [0.4, 0.5) is 0 Å². The Bertz CT molecular complexity index is 389. The Balaban J connectivity index is 2.37. The van der Waals surface area contributed by atoms with E-state index in [1.165, 1.54) is 10.6 Å². The molecule has 0 radical (unpaired) electrons. The smallest absolute Gasteiger partial charge is 0.223 e. The van der Waals surface area contributed by atoms with Gasteiger partial charge in [-0.15, -0.1) is 0 Å². The quantitative estimate of drug-likeness (QED) is 0.759. The monoisotopic (exact) mass is 292 g/mol. The summed E-state index contributed by atoms with van der Waals surface area (Å²) in [6.45, 7) is 5.55. The first kappa shape index (κ1) is 16.4. The van der Waals surface area contributed by atoms with E-state index in [0.717, 1.165) is 12.8 Å². The molecule has 0 saturated carbocycles. The van der Waals surface area contributed by atoms with Crippen LogP contribution in [-0.4, -0.2) is 57.2 Å². The van der Waals surface area contributed by atoms with Crippen molar-refractivity contribution < 1.29 is 17.9 Å². The largest absolute Gasteiger partial charge is 0.381 e. The van der Waals surface area contributed by atoms with Gasteiger partial charge in [0.2, 0.25) is 15.9 Å². The zero-order valence-electron chi connectivity index (χ0n) is 11.9. The minimum absolute atomic E-state index is 0.000470. The third-order valence-electron chi connectivity index (χ3n) is 3.23. The van der Waals surface area contributed by atoms with E-state index in [1.54, 1.807) is 0 Å². The van der Waals surface area contributed by atoms with Crippen LogP contribution in [0.3, 0.4) is 0 Å². The van der Waals surface area contributed by atoms with Gasteiger partial charge in [0.05, 0.1) is 6.26 Å². The van der Waals surface area contributed by atoms with Crippen molar-refractivity contribution >= 4 is 15.9 Å². The molecule has 1 aliphatic heterocycles. The van der Waals surface area contributed by atoms with Gasteiger partial charge < -0.3 is 10.1 Å². The summed E-state index contributed by atoms with van der Waals surface area (Å²) in [4.78, 5) is 11.9. The molecule has 19 heavy (non-hydrogen) atoms. The molecule has 1 amide bonds. The van der Waals surface area contributed by atoms with Gasteiger partial charge in [-0.3, -0.25) is 4.79 Å². The van der Waals surface area contributed by atoms with E-state index in [9.17, 15) is 13.2 Å². The van der Waals surface area contributed by atoms with Crippen LogP contribution in [0.2, 0.25) is 0 Å². The van der Waals surface area contributed by atoms with E-state index in [-0.39, 0.29) is 17.9 Å². The number of carbonyl (C=O) groups is 1. The summed E-state index contributed by atoms with van der Waals surface area (Å²) >= 11 is 0. The lowest BCUT2D eigenvalue weighted by Gasteiger charge is -2.25. The molecule has 0 atom stereocenters. The van der Waals surface area contributed by atoms with Crippen molar-refractivity contribution in [3.8, 4) is 0 Å². The van der Waals surface area contributed by atoms with E-state index in [2.05, 4.69) is 5.32 Å². The molecule has 0 aromatic rings. The summed E-state index contributed by atoms with van der Waals surface area (Å²) in [7, 11) is -3.22. The van der Waals surface area contributed by atoms with Crippen molar-refractivity contribution in [2.24, 2.45) is 5.92 Å². The minimum atomic E-state index is -3.22. The van der Waals surface area contributed by atoms with Crippen molar-refractivity contribution in [1.82, 2.24) is 9.62 Å². The molecule has 0 aromatic heterocycles. The first-order valence-electron chi connectivity index (χ1n) is 6.64. The molecule has 1 saturated heterocycles. The Labute approximate surface area is 115 Å². The number of amides is 1. The van der Waals surface area contributed by atoms with Crippen molar-refractivity contribution in [3.05, 3.63) is 0 Å². The van der Waals surface area contributed by atoms with Gasteiger partial charge in [0.1, 0.15) is 0 Å². The summed E-state index contributed by atoms with van der Waals surface area (Å²) in [6, 6.07) is -0.102. The summed E-state index contributed by atoms with van der Waals surface area (Å²) < 4.78 is 29.7. The molecule has 7 heteroatoms. The predicted molar refractivity (Wildman–Crippen MR) is 73.2 cm³/mol. The maximum atomic E-state index is 11.9. The van der Waals surface area contributed by atoms with Crippen molar-refractivity contribution in [2.45, 2.75) is 32.7 Å². The lowest BCUT2D eigenvalue weighted by molar-refractivity contribution is -0.127. The second kappa shape index (κ2) is 7.21. The highest BCUT2D eigenvalue weighted by Crippen LogP contribution is 2.14. The first-order chi connectivity index (χ1) is 8.82. The topological polar surface area (TPSA) is 75.7 Å². The lowest BCUT2D eigenvalue weighted by atomic mass is 9.99. The molecule has 0 aliphatic carbocycles. The molecular formula is C12H24N2O4S. The first-order valence-corrected chi connectivity index (χ1v) is 8.49. The van der Waals surface area contributed by atoms with Crippen LogP contribution in [0.1, 0.15) is 26.7 Å². The Morgan fingerprint density at radius 2 is 1.95 bits per heavy atom. The van der Waals surface area contributed by atoms with E-state index in [4.69, 9.17) is 4.74 Å². The van der Waals surface area contributed by atoms with Crippen LogP contribution in [0.25, 0.3) is 0 Å². The fourth-order valence-corrected chi connectivity index (χ4v) is 3.39. The minimum Gasteiger partial charge on any atom is -0.381 e. The fraction of sp³-hybridized carbons (Fsp3) is 0.917. The number of ether oxygens (including phenoxy) is 1. The Morgan fingerprint density at radius 3 is 2.42 bits per heavy atom. The molecule has 1 aliphatic rings. The molecule has 0 aromatic carbocycles. The number of hydrogen-bond donors (Lipinski definition) is 1. The highest BCUT2D eigenvalue weighted by molar-refractivity contribution is 7.88. The summed E-state index contributed by atoms with van der Waals surface area (Å²) in [6.07, 6.45) is 2.67. The molecular weight excluding hydrogens is 268 g/mol. The second-order valence-corrected chi connectivity index (χ2v) is 7.08. The Morgan fingerprint density at radius 1 is 1.37 bits per heavy atom. The van der Waals surface area contributed by atoms with Crippen LogP contribution in [0.15, 0.2) is 0 Å². The number of sulfonamides is 1. The Kier molecular flexibility index (Phi) is 6.22. The second-order valence-electron chi connectivity index (χ2n) is 5.15. The number of rotatable bonds is 6. The maximum Gasteiger partial charge on any atom is 0.223 e. The average molecular weight is 292 g/mol. The van der Waals surface area contributed by atoms with Crippen LogP contribution < -0.4 is 5.32 Å². The van der Waals surface area contributed by atoms with E-state index in [0.29, 0.717) is 26.3 Å². The van der Waals surface area contributed by atoms with Gasteiger partial charge >= 0.3 is 0 Å². The SMILES string of the molecule is CC(C)N(CCNC(=O)C1CCOCC1)S(C)(=O)=O. The highest BCUT2D eigenvalue weighted by Gasteiger charge is 2.23. The molecule has 0 bridgehead atoms. The van der Waals surface area contributed by atoms with Crippen LogP contribution in [-0.2, 0) is 19.6 Å². The standard InChI is InChI=1S/C12H24N2O4S/c1-10(2)14(19(3,16)17)7-6-13-12(15)11-4-8-18-9-5-11/h10-11H,4-9H2,1-3H3,(H,13,15). The van der Waals surface area contributed by atoms with E-state index in [1.807, 2.05) is 13.8 Å². The number of carbonyl (C=O) groups excluding carboxylic acids is 1. The number of nitrogens with zero attached hydrogens (tertiary/aromatic N) is 1. The van der Waals surface area contributed by atoms with Crippen LogP contribution in [0.5, 0.6) is 0 Å². The van der Waals surface area contributed by atoms with Crippen LogP contribution in [0, 0.1) is 5.92 Å². The molecule has 1 rings (SSSR count). The van der Waals surface area contributed by atoms with Gasteiger partial charge in [0.25, 0.3) is 0 Å². The summed E-state index contributed by atoms with van der Waals surface area (Å²) in [5, 5.41) is 2.81. The van der Waals surface area contributed by atoms with Crippen molar-refractivity contribution in [2.75, 3.05) is 32.6 Å². The summed E-state index contributed by atoms with van der Waals surface area (Å²) in [5.41, 5.74) is 0. The lowest BCUT2D eigenvalue weighted by Crippen LogP contribution is -2.43. The highest BCUT2D eigenvalue weighted by atomic mass is 32.2. The molecule has 1 fully saturated rings. The Hall–Kier alpha value is -0.660. The molecule has 6 nitrogen and oxygen atoms in total. The van der Waals surface area contributed by atoms with Gasteiger partial charge in [-0.25, -0.2) is 8.42 Å². The molecule has 0 unspecified atom stereocenters. The molecule has 112 valence electrons. The third-order valence-corrected chi connectivity index (χ3v) is 4.68. The summed E-state index contributed by atoms with van der Waals surface area (Å²) in [5.74, 6) is -0.00000850. The number of hydrogen-bond acceptors (Lipinski definition) is 4.